The summed E-state index contributed by atoms with van der Waals surface area (Å²) in [5.41, 5.74) is 3.88. The molecule has 380 valence electrons. The quantitative estimate of drug-likeness (QED) is 0.0378. The second-order valence-electron chi connectivity index (χ2n) is 19.2. The van der Waals surface area contributed by atoms with Crippen LogP contribution in [0, 0.1) is 17.0 Å². The van der Waals surface area contributed by atoms with Gasteiger partial charge in [0.05, 0.1) is 27.5 Å². The standard InChI is InChI=1S/C52H67N9O8S2/c1-13-50(8,9)38-25-28-44(41(32-38)51(10,11)14-2)68-36(6)47(62)53-33-35(5)46-55-48-52(37(7)56-60(48)57-46,70-45-24-20-19-23-43(45)61(64)65)59(49(63)69-40-21-17-16-18-22-40)42-27-26-39(31-34(42)4)58(15-3)30-29-54-71(12,66)67/h16-28,31-32,35-36,54H,13-15,29-30,33H2,1-12H3,(H,53,62). The minimum Gasteiger partial charge on any atom is -0.481 e. The Morgan fingerprint density at radius 2 is 1.61 bits per heavy atom. The molecule has 1 aliphatic heterocycles. The van der Waals surface area contributed by atoms with Crippen molar-refractivity contribution < 1.29 is 32.4 Å². The van der Waals surface area contributed by atoms with E-state index >= 15 is 4.79 Å². The van der Waals surface area contributed by atoms with Crippen molar-refractivity contribution in [2.75, 3.05) is 42.2 Å². The number of nitro benzene ring substituents is 1. The van der Waals surface area contributed by atoms with Crippen molar-refractivity contribution in [3.8, 4) is 11.5 Å². The van der Waals surface area contributed by atoms with E-state index in [1.807, 2.05) is 43.9 Å². The molecule has 71 heavy (non-hydrogen) atoms. The Kier molecular flexibility index (Phi) is 16.7. The van der Waals surface area contributed by atoms with Crippen LogP contribution in [0.5, 0.6) is 11.5 Å². The molecule has 0 fully saturated rings. The fraction of sp³-hybridized carbons (Fsp3) is 0.442. The van der Waals surface area contributed by atoms with Crippen LogP contribution in [-0.4, -0.2) is 84.5 Å². The Balaban J connectivity index is 1.38. The van der Waals surface area contributed by atoms with Crippen LogP contribution in [0.25, 0.3) is 0 Å². The van der Waals surface area contributed by atoms with Crippen LogP contribution >= 0.6 is 11.8 Å². The normalized spacial score (nSPS) is 15.6. The number of amides is 2. The van der Waals surface area contributed by atoms with Gasteiger partial charge in [0.2, 0.25) is 14.9 Å². The predicted octanol–water partition coefficient (Wildman–Crippen LogP) is 9.82. The number of hydrogen-bond donors (Lipinski definition) is 2. The van der Waals surface area contributed by atoms with Crippen molar-refractivity contribution in [3.05, 3.63) is 129 Å². The van der Waals surface area contributed by atoms with E-state index in [2.05, 4.69) is 63.7 Å². The fourth-order valence-electron chi connectivity index (χ4n) is 8.13. The van der Waals surface area contributed by atoms with Gasteiger partial charge in [0.1, 0.15) is 11.5 Å². The first-order chi connectivity index (χ1) is 33.5. The van der Waals surface area contributed by atoms with Gasteiger partial charge in [-0.1, -0.05) is 103 Å². The summed E-state index contributed by atoms with van der Waals surface area (Å²) in [6.07, 6.45) is 1.26. The number of nitrogens with zero attached hydrogens (tertiary/aromatic N) is 7. The number of sulfonamides is 1. The molecule has 0 saturated carbocycles. The number of likely N-dealkylation sites (N-methyl/N-ethyl adjacent to an activating group) is 1. The first-order valence-electron chi connectivity index (χ1n) is 23.9. The van der Waals surface area contributed by atoms with Crippen LogP contribution in [0.1, 0.15) is 116 Å². The first-order valence-corrected chi connectivity index (χ1v) is 26.6. The number of nitrogens with one attached hydrogen (secondary N) is 2. The number of rotatable bonds is 22. The molecule has 0 saturated heterocycles. The van der Waals surface area contributed by atoms with Crippen LogP contribution in [0.15, 0.2) is 101 Å². The Morgan fingerprint density at radius 1 is 0.930 bits per heavy atom. The van der Waals surface area contributed by atoms with Crippen molar-refractivity contribution in [3.63, 3.8) is 0 Å². The molecule has 6 rings (SSSR count). The lowest BCUT2D eigenvalue weighted by Gasteiger charge is -2.39. The summed E-state index contributed by atoms with van der Waals surface area (Å²) in [5, 5.41) is 25.3. The lowest BCUT2D eigenvalue weighted by Crippen LogP contribution is -2.53. The Labute approximate surface area is 422 Å². The summed E-state index contributed by atoms with van der Waals surface area (Å²) < 4.78 is 38.8. The molecule has 3 unspecified atom stereocenters. The van der Waals surface area contributed by atoms with Crippen LogP contribution in [-0.2, 0) is 30.5 Å². The largest absolute Gasteiger partial charge is 0.481 e. The number of nitro groups is 1. The van der Waals surface area contributed by atoms with Gasteiger partial charge < -0.3 is 19.7 Å². The van der Waals surface area contributed by atoms with E-state index in [9.17, 15) is 23.3 Å². The van der Waals surface area contributed by atoms with E-state index < -0.39 is 37.9 Å². The number of carbonyl (C=O) groups is 2. The first kappa shape index (κ1) is 54.0. The molecule has 0 aliphatic carbocycles. The molecule has 2 amide bonds. The monoisotopic (exact) mass is 1010 g/mol. The Bertz CT molecular complexity index is 2890. The zero-order valence-electron chi connectivity index (χ0n) is 42.8. The molecule has 17 nitrogen and oxygen atoms in total. The molecule has 0 spiro atoms. The summed E-state index contributed by atoms with van der Waals surface area (Å²) in [6.45, 7) is 23.4. The molecule has 5 aromatic rings. The third-order valence-corrected chi connectivity index (χ3v) is 15.5. The van der Waals surface area contributed by atoms with E-state index in [0.717, 1.165) is 42.1 Å². The number of carbonyl (C=O) groups excluding carboxylic acids is 2. The van der Waals surface area contributed by atoms with Crippen molar-refractivity contribution in [2.24, 2.45) is 5.10 Å². The van der Waals surface area contributed by atoms with Crippen molar-refractivity contribution in [1.29, 1.82) is 0 Å². The third kappa shape index (κ3) is 12.1. The molecule has 0 radical (unpaired) electrons. The zero-order chi connectivity index (χ0) is 52.1. The van der Waals surface area contributed by atoms with Gasteiger partial charge in [0.25, 0.3) is 11.6 Å². The number of aromatic nitrogens is 3. The minimum atomic E-state index is -3.42. The maximum absolute atomic E-state index is 15.1. The van der Waals surface area contributed by atoms with Gasteiger partial charge in [-0.3, -0.25) is 14.9 Å². The molecule has 4 aromatic carbocycles. The molecule has 0 bridgehead atoms. The maximum Gasteiger partial charge on any atom is 0.421 e. The maximum atomic E-state index is 15.1. The van der Waals surface area contributed by atoms with E-state index in [1.54, 1.807) is 68.4 Å². The van der Waals surface area contributed by atoms with Crippen LogP contribution < -0.4 is 29.3 Å². The summed E-state index contributed by atoms with van der Waals surface area (Å²) >= 11 is 1.01. The summed E-state index contributed by atoms with van der Waals surface area (Å²) in [7, 11) is -3.42. The highest BCUT2D eigenvalue weighted by molar-refractivity contribution is 8.01. The minimum absolute atomic E-state index is 0.0338. The number of anilines is 2. The van der Waals surface area contributed by atoms with E-state index in [0.29, 0.717) is 41.6 Å². The fourth-order valence-corrected chi connectivity index (χ4v) is 9.97. The summed E-state index contributed by atoms with van der Waals surface area (Å²) in [4.78, 5) is 49.3. The van der Waals surface area contributed by atoms with Crippen LogP contribution in [0.3, 0.4) is 0 Å². The Morgan fingerprint density at radius 3 is 2.24 bits per heavy atom. The number of hydrogen-bond acceptors (Lipinski definition) is 13. The molecule has 1 aliphatic rings. The number of aryl methyl sites for hydroxylation is 1. The molecule has 1 aromatic heterocycles. The molecule has 2 heterocycles. The Hall–Kier alpha value is -6.31. The SMILES string of the molecule is CCN(CCNS(C)(=O)=O)c1ccc(N(C(=O)Oc2ccccc2)C2(Sc3ccccc3[N+](=O)[O-])C(C)=Nn3nc(C(C)CNC(=O)C(C)Oc4ccc(C(C)(C)CC)cc4C(C)(C)CC)nc32)c(C)c1. The van der Waals surface area contributed by atoms with Crippen LogP contribution in [0.2, 0.25) is 0 Å². The van der Waals surface area contributed by atoms with Gasteiger partial charge in [-0.15, -0.1) is 9.89 Å². The number of para-hydroxylation sites is 2. The molecule has 3 atom stereocenters. The summed E-state index contributed by atoms with van der Waals surface area (Å²) in [6, 6.07) is 26.5. The molecular weight excluding hydrogens is 943 g/mol. The molecule has 2 N–H and O–H groups in total. The predicted molar refractivity (Wildman–Crippen MR) is 281 cm³/mol. The van der Waals surface area contributed by atoms with Crippen molar-refractivity contribution in [2.45, 2.75) is 122 Å². The van der Waals surface area contributed by atoms with E-state index in [1.165, 1.54) is 21.3 Å². The molecule has 19 heteroatoms. The second kappa shape index (κ2) is 22.0. The van der Waals surface area contributed by atoms with Gasteiger partial charge in [-0.25, -0.2) is 27.8 Å². The van der Waals surface area contributed by atoms with Gasteiger partial charge in [0, 0.05) is 49.4 Å². The number of ether oxygens (including phenoxy) is 2. The summed E-state index contributed by atoms with van der Waals surface area (Å²) in [5.74, 6) is 0.544. The van der Waals surface area contributed by atoms with E-state index in [-0.39, 0.29) is 52.0 Å². The highest BCUT2D eigenvalue weighted by Gasteiger charge is 2.56. The average molecular weight is 1010 g/mol. The number of fused-ring (bicyclic) bond motifs is 1. The van der Waals surface area contributed by atoms with Gasteiger partial charge in [-0.2, -0.15) is 5.10 Å². The lowest BCUT2D eigenvalue weighted by atomic mass is 9.76. The highest BCUT2D eigenvalue weighted by atomic mass is 32.2. The third-order valence-electron chi connectivity index (χ3n) is 13.3. The smallest absolute Gasteiger partial charge is 0.421 e. The van der Waals surface area contributed by atoms with Gasteiger partial charge >= 0.3 is 6.09 Å². The van der Waals surface area contributed by atoms with Crippen molar-refractivity contribution in [1.82, 2.24) is 24.9 Å². The average Bonchev–Trinajstić information content (AvgIpc) is 3.86. The van der Waals surface area contributed by atoms with Crippen LogP contribution in [0.4, 0.5) is 21.9 Å². The number of thioether (sulfide) groups is 1. The molecular formula is C52H67N9O8S2. The number of benzene rings is 4. The van der Waals surface area contributed by atoms with Gasteiger partial charge in [-0.05, 0) is 105 Å². The lowest BCUT2D eigenvalue weighted by molar-refractivity contribution is -0.387. The second-order valence-corrected chi connectivity index (χ2v) is 22.2. The highest BCUT2D eigenvalue weighted by Crippen LogP contribution is 2.52. The van der Waals surface area contributed by atoms with E-state index in [4.69, 9.17) is 24.7 Å². The van der Waals surface area contributed by atoms with Gasteiger partial charge in [0.15, 0.2) is 17.8 Å². The zero-order valence-corrected chi connectivity index (χ0v) is 44.4. The van der Waals surface area contributed by atoms with Crippen molar-refractivity contribution >= 4 is 56.6 Å². The topological polar surface area (TPSA) is 203 Å².